The Hall–Kier alpha value is -2.25. The largest absolute Gasteiger partial charge is 0.383 e. The van der Waals surface area contributed by atoms with E-state index < -0.39 is 0 Å². The molecule has 0 aromatic carbocycles. The fourth-order valence-electron chi connectivity index (χ4n) is 1.11. The van der Waals surface area contributed by atoms with Gasteiger partial charge in [0.2, 0.25) is 5.95 Å². The van der Waals surface area contributed by atoms with Crippen LogP contribution in [0.2, 0.25) is 0 Å². The Balaban J connectivity index is 2.60. The van der Waals surface area contributed by atoms with Crippen molar-refractivity contribution in [2.24, 2.45) is 7.05 Å². The Morgan fingerprint density at radius 2 is 2.00 bits per heavy atom. The topological polar surface area (TPSA) is 127 Å². The minimum absolute atomic E-state index is 0.128. The summed E-state index contributed by atoms with van der Waals surface area (Å²) in [5.74, 6) is 6.57. The van der Waals surface area contributed by atoms with Gasteiger partial charge in [-0.3, -0.25) is 4.68 Å². The van der Waals surface area contributed by atoms with Crippen LogP contribution in [0.15, 0.2) is 6.20 Å². The molecule has 0 aliphatic heterocycles. The fourth-order valence-corrected chi connectivity index (χ4v) is 1.11. The van der Waals surface area contributed by atoms with Crippen LogP contribution >= 0.6 is 0 Å². The number of nitrogens with zero attached hydrogens (tertiary/aromatic N) is 5. The van der Waals surface area contributed by atoms with E-state index >= 15 is 0 Å². The minimum Gasteiger partial charge on any atom is -0.383 e. The van der Waals surface area contributed by atoms with Crippen molar-refractivity contribution >= 4 is 11.8 Å². The third-order valence-electron chi connectivity index (χ3n) is 1.95. The van der Waals surface area contributed by atoms with E-state index in [1.807, 2.05) is 0 Å². The maximum absolute atomic E-state index is 5.74. The molecule has 0 aliphatic carbocycles. The second kappa shape index (κ2) is 2.62. The molecule has 0 saturated heterocycles. The summed E-state index contributed by atoms with van der Waals surface area (Å²) >= 11 is 0. The molecule has 0 aliphatic rings. The molecular weight excluding hydrogens is 184 g/mol. The summed E-state index contributed by atoms with van der Waals surface area (Å²) in [6.45, 7) is 0. The molecule has 2 rings (SSSR count). The number of aryl methyl sites for hydroxylation is 1. The van der Waals surface area contributed by atoms with E-state index in [-0.39, 0.29) is 5.95 Å². The van der Waals surface area contributed by atoms with Gasteiger partial charge in [0.1, 0.15) is 5.82 Å². The zero-order valence-corrected chi connectivity index (χ0v) is 7.55. The van der Waals surface area contributed by atoms with Crippen LogP contribution in [-0.4, -0.2) is 24.7 Å². The van der Waals surface area contributed by atoms with E-state index in [2.05, 4.69) is 15.3 Å². The molecule has 0 bridgehead atoms. The van der Waals surface area contributed by atoms with E-state index in [9.17, 15) is 0 Å². The molecule has 0 radical (unpaired) electrons. The van der Waals surface area contributed by atoms with Crippen LogP contribution in [0, 0.1) is 0 Å². The highest BCUT2D eigenvalue weighted by Gasteiger charge is 2.14. The monoisotopic (exact) mass is 194 g/mol. The van der Waals surface area contributed by atoms with Gasteiger partial charge in [-0.1, -0.05) is 0 Å². The standard InChI is InChI=1S/C6H10N8/c1-13-4(7)3(2-10-13)5-11-12-6(8)14(5)9/h2H,7,9H2,1H3,(H2,8,12). The zero-order valence-electron chi connectivity index (χ0n) is 7.55. The van der Waals surface area contributed by atoms with Crippen LogP contribution in [0.25, 0.3) is 11.4 Å². The lowest BCUT2D eigenvalue weighted by atomic mass is 10.3. The van der Waals surface area contributed by atoms with Crippen molar-refractivity contribution in [1.82, 2.24) is 24.7 Å². The first kappa shape index (κ1) is 8.35. The van der Waals surface area contributed by atoms with Gasteiger partial charge in [0, 0.05) is 7.05 Å². The van der Waals surface area contributed by atoms with E-state index in [1.54, 1.807) is 13.2 Å². The Kier molecular flexibility index (Phi) is 1.56. The summed E-state index contributed by atoms with van der Waals surface area (Å²) < 4.78 is 2.67. The third-order valence-corrected chi connectivity index (χ3v) is 1.95. The predicted molar refractivity (Wildman–Crippen MR) is 51.2 cm³/mol. The molecule has 2 heterocycles. The normalized spacial score (nSPS) is 10.6. The number of rotatable bonds is 1. The van der Waals surface area contributed by atoms with Gasteiger partial charge in [-0.25, -0.2) is 4.68 Å². The maximum atomic E-state index is 5.74. The van der Waals surface area contributed by atoms with Crippen molar-refractivity contribution in [1.29, 1.82) is 0 Å². The van der Waals surface area contributed by atoms with Gasteiger partial charge in [0.15, 0.2) is 5.82 Å². The number of hydrogen-bond acceptors (Lipinski definition) is 6. The number of nitrogens with two attached hydrogens (primary N) is 3. The average Bonchev–Trinajstić information content (AvgIpc) is 2.63. The van der Waals surface area contributed by atoms with Gasteiger partial charge < -0.3 is 17.3 Å². The quantitative estimate of drug-likeness (QED) is 0.477. The van der Waals surface area contributed by atoms with Crippen LogP contribution in [0.5, 0.6) is 0 Å². The second-order valence-electron chi connectivity index (χ2n) is 2.82. The molecular formula is C6H10N8. The van der Waals surface area contributed by atoms with Crippen LogP contribution in [-0.2, 0) is 7.05 Å². The first-order valence-electron chi connectivity index (χ1n) is 3.85. The molecule has 8 nitrogen and oxygen atoms in total. The smallest absolute Gasteiger partial charge is 0.241 e. The Morgan fingerprint density at radius 3 is 2.43 bits per heavy atom. The highest BCUT2D eigenvalue weighted by molar-refractivity contribution is 5.68. The molecule has 0 unspecified atom stereocenters. The van der Waals surface area contributed by atoms with Crippen molar-refractivity contribution in [3.8, 4) is 11.4 Å². The van der Waals surface area contributed by atoms with E-state index in [0.29, 0.717) is 17.2 Å². The molecule has 0 saturated carbocycles. The predicted octanol–water partition coefficient (Wildman–Crippen LogP) is -1.44. The number of anilines is 2. The van der Waals surface area contributed by atoms with Crippen LogP contribution < -0.4 is 17.3 Å². The van der Waals surface area contributed by atoms with Gasteiger partial charge in [-0.2, -0.15) is 5.10 Å². The number of aromatic nitrogens is 5. The van der Waals surface area contributed by atoms with Crippen molar-refractivity contribution in [2.75, 3.05) is 17.3 Å². The van der Waals surface area contributed by atoms with E-state index in [1.165, 1.54) is 4.68 Å². The molecule has 2 aromatic heterocycles. The van der Waals surface area contributed by atoms with Gasteiger partial charge in [-0.05, 0) is 0 Å². The number of hydrogen-bond donors (Lipinski definition) is 3. The first-order valence-corrected chi connectivity index (χ1v) is 3.85. The van der Waals surface area contributed by atoms with Crippen LogP contribution in [0.4, 0.5) is 11.8 Å². The van der Waals surface area contributed by atoms with E-state index in [4.69, 9.17) is 17.3 Å². The Labute approximate surface area is 79.3 Å². The van der Waals surface area contributed by atoms with Crippen molar-refractivity contribution < 1.29 is 0 Å². The summed E-state index contributed by atoms with van der Waals surface area (Å²) in [7, 11) is 1.72. The van der Waals surface area contributed by atoms with Crippen molar-refractivity contribution in [2.45, 2.75) is 0 Å². The highest BCUT2D eigenvalue weighted by Crippen LogP contribution is 2.22. The van der Waals surface area contributed by atoms with Crippen LogP contribution in [0.1, 0.15) is 0 Å². The molecule has 0 atom stereocenters. The Morgan fingerprint density at radius 1 is 1.29 bits per heavy atom. The SMILES string of the molecule is Cn1ncc(-c2nnc(N)n2N)c1N. The summed E-state index contributed by atoms with van der Waals surface area (Å²) in [4.78, 5) is 0. The first-order chi connectivity index (χ1) is 6.61. The van der Waals surface area contributed by atoms with Gasteiger partial charge in [0.25, 0.3) is 0 Å². The Bertz CT molecular complexity index is 422. The lowest BCUT2D eigenvalue weighted by Gasteiger charge is -1.99. The molecule has 8 heteroatoms. The maximum Gasteiger partial charge on any atom is 0.241 e. The summed E-state index contributed by atoms with van der Waals surface area (Å²) in [6.07, 6.45) is 1.56. The van der Waals surface area contributed by atoms with E-state index in [0.717, 1.165) is 4.68 Å². The molecule has 2 aromatic rings. The minimum atomic E-state index is 0.128. The lowest BCUT2D eigenvalue weighted by Crippen LogP contribution is -2.13. The lowest BCUT2D eigenvalue weighted by molar-refractivity contribution is 0.779. The average molecular weight is 194 g/mol. The summed E-state index contributed by atoms with van der Waals surface area (Å²) in [6, 6.07) is 0. The number of nitrogen functional groups attached to an aromatic ring is 3. The van der Waals surface area contributed by atoms with Crippen LogP contribution in [0.3, 0.4) is 0 Å². The van der Waals surface area contributed by atoms with Gasteiger partial charge in [-0.15, -0.1) is 10.2 Å². The van der Waals surface area contributed by atoms with Gasteiger partial charge in [0.05, 0.1) is 11.8 Å². The fraction of sp³-hybridized carbons (Fsp3) is 0.167. The zero-order chi connectivity index (χ0) is 10.3. The molecule has 0 amide bonds. The van der Waals surface area contributed by atoms with Crippen molar-refractivity contribution in [3.63, 3.8) is 0 Å². The molecule has 14 heavy (non-hydrogen) atoms. The molecule has 0 spiro atoms. The summed E-state index contributed by atoms with van der Waals surface area (Å²) in [5, 5.41) is 11.4. The molecule has 0 fully saturated rings. The van der Waals surface area contributed by atoms with Gasteiger partial charge >= 0.3 is 0 Å². The molecule has 6 N–H and O–H groups in total. The van der Waals surface area contributed by atoms with Crippen molar-refractivity contribution in [3.05, 3.63) is 6.20 Å². The second-order valence-corrected chi connectivity index (χ2v) is 2.82. The third kappa shape index (κ3) is 0.969. The summed E-state index contributed by atoms with van der Waals surface area (Å²) in [5.41, 5.74) is 11.8. The highest BCUT2D eigenvalue weighted by atomic mass is 15.4. The molecule has 74 valence electrons.